The fourth-order valence-corrected chi connectivity index (χ4v) is 2.95. The van der Waals surface area contributed by atoms with Crippen LogP contribution in [0.2, 0.25) is 5.02 Å². The molecule has 0 radical (unpaired) electrons. The summed E-state index contributed by atoms with van der Waals surface area (Å²) in [6.07, 6.45) is 1.66. The van der Waals surface area contributed by atoms with E-state index in [2.05, 4.69) is 27.3 Å². The molecule has 23 heavy (non-hydrogen) atoms. The van der Waals surface area contributed by atoms with E-state index in [0.717, 1.165) is 47.5 Å². The Morgan fingerprint density at radius 2 is 2.04 bits per heavy atom. The molecule has 0 spiro atoms. The maximum absolute atomic E-state index is 12.0. The molecule has 1 heterocycles. The molecular weight excluding hydrogens is 380 g/mol. The molecule has 1 N–H and O–H groups in total. The number of nitrogens with one attached hydrogen (secondary N) is 1. The average Bonchev–Trinajstić information content (AvgIpc) is 2.47. The average molecular weight is 404 g/mol. The number of nitrogens with zero attached hydrogens (tertiary/aromatic N) is 1. The highest BCUT2D eigenvalue weighted by Crippen LogP contribution is 2.23. The normalized spacial score (nSPS) is 16.5. The summed E-state index contributed by atoms with van der Waals surface area (Å²) in [6, 6.07) is 6.40. The van der Waals surface area contributed by atoms with Crippen LogP contribution in [0.25, 0.3) is 0 Å². The first-order chi connectivity index (χ1) is 10.7. The number of halogens is 2. The van der Waals surface area contributed by atoms with Crippen LogP contribution in [-0.4, -0.2) is 35.7 Å². The van der Waals surface area contributed by atoms with Crippen LogP contribution in [0, 0.1) is 0 Å². The highest BCUT2D eigenvalue weighted by molar-refractivity contribution is 9.10. The number of benzene rings is 1. The fourth-order valence-electron chi connectivity index (χ4n) is 2.50. The van der Waals surface area contributed by atoms with Crippen LogP contribution in [-0.2, 0) is 11.3 Å². The number of ether oxygens (including phenoxy) is 1. The molecule has 1 aromatic carbocycles. The van der Waals surface area contributed by atoms with Crippen molar-refractivity contribution in [1.82, 2.24) is 10.2 Å². The molecule has 1 aliphatic heterocycles. The van der Waals surface area contributed by atoms with Gasteiger partial charge in [-0.05, 0) is 67.2 Å². The van der Waals surface area contributed by atoms with Gasteiger partial charge in [0.05, 0.1) is 5.02 Å². The molecule has 0 aliphatic carbocycles. The molecule has 1 aromatic rings. The molecule has 2 rings (SSSR count). The van der Waals surface area contributed by atoms with Crippen LogP contribution in [0.3, 0.4) is 0 Å². The predicted molar refractivity (Wildman–Crippen MR) is 96.8 cm³/mol. The van der Waals surface area contributed by atoms with Crippen molar-refractivity contribution in [2.75, 3.05) is 13.1 Å². The molecule has 6 heteroatoms. The molecule has 0 saturated carbocycles. The highest BCUT2D eigenvalue weighted by atomic mass is 79.9. The smallest absolute Gasteiger partial charge is 0.410 e. The third-order valence-electron chi connectivity index (χ3n) is 3.73. The van der Waals surface area contributed by atoms with E-state index in [1.165, 1.54) is 0 Å². The molecule has 1 aliphatic rings. The van der Waals surface area contributed by atoms with Gasteiger partial charge in [-0.15, -0.1) is 0 Å². The van der Waals surface area contributed by atoms with E-state index in [-0.39, 0.29) is 6.09 Å². The SMILES string of the molecule is CC(C)(C)OC(=O)N1CCC(NCc2ccc(Br)c(Cl)c2)CC1. The van der Waals surface area contributed by atoms with Crippen molar-refractivity contribution in [3.63, 3.8) is 0 Å². The lowest BCUT2D eigenvalue weighted by Gasteiger charge is -2.33. The first kappa shape index (κ1) is 18.6. The molecule has 0 atom stereocenters. The van der Waals surface area contributed by atoms with E-state index < -0.39 is 5.60 Å². The minimum absolute atomic E-state index is 0.212. The molecule has 1 fully saturated rings. The van der Waals surface area contributed by atoms with Gasteiger partial charge in [-0.25, -0.2) is 4.79 Å². The van der Waals surface area contributed by atoms with Crippen LogP contribution in [0.4, 0.5) is 4.79 Å². The monoisotopic (exact) mass is 402 g/mol. The first-order valence-corrected chi connectivity index (χ1v) is 9.07. The van der Waals surface area contributed by atoms with Gasteiger partial charge >= 0.3 is 6.09 Å². The van der Waals surface area contributed by atoms with Crippen molar-refractivity contribution in [2.24, 2.45) is 0 Å². The minimum atomic E-state index is -0.437. The molecule has 0 aromatic heterocycles. The maximum atomic E-state index is 12.0. The van der Waals surface area contributed by atoms with E-state index in [1.807, 2.05) is 32.9 Å². The second-order valence-electron chi connectivity index (χ2n) is 6.87. The van der Waals surface area contributed by atoms with Gasteiger partial charge in [0, 0.05) is 30.1 Å². The van der Waals surface area contributed by atoms with Crippen molar-refractivity contribution >= 4 is 33.6 Å². The summed E-state index contributed by atoms with van der Waals surface area (Å²) in [4.78, 5) is 13.8. The van der Waals surface area contributed by atoms with Gasteiger partial charge in [0.2, 0.25) is 0 Å². The van der Waals surface area contributed by atoms with E-state index in [0.29, 0.717) is 6.04 Å². The van der Waals surface area contributed by atoms with Crippen LogP contribution >= 0.6 is 27.5 Å². The molecule has 4 nitrogen and oxygen atoms in total. The van der Waals surface area contributed by atoms with Gasteiger partial charge in [0.15, 0.2) is 0 Å². The number of amides is 1. The van der Waals surface area contributed by atoms with Crippen molar-refractivity contribution < 1.29 is 9.53 Å². The van der Waals surface area contributed by atoms with Crippen LogP contribution in [0.1, 0.15) is 39.2 Å². The Labute approximate surface area is 151 Å². The molecule has 0 bridgehead atoms. The topological polar surface area (TPSA) is 41.6 Å². The number of rotatable bonds is 3. The Morgan fingerprint density at radius 3 is 2.61 bits per heavy atom. The number of likely N-dealkylation sites (tertiary alicyclic amines) is 1. The summed E-state index contributed by atoms with van der Waals surface area (Å²) >= 11 is 9.51. The van der Waals surface area contributed by atoms with Crippen LogP contribution in [0.15, 0.2) is 22.7 Å². The maximum Gasteiger partial charge on any atom is 0.410 e. The van der Waals surface area contributed by atoms with E-state index >= 15 is 0 Å². The van der Waals surface area contributed by atoms with Crippen LogP contribution in [0.5, 0.6) is 0 Å². The van der Waals surface area contributed by atoms with Gasteiger partial charge in [-0.2, -0.15) is 0 Å². The largest absolute Gasteiger partial charge is 0.444 e. The Kier molecular flexibility index (Phi) is 6.34. The number of carbonyl (C=O) groups is 1. The summed E-state index contributed by atoms with van der Waals surface area (Å²) in [5.74, 6) is 0. The minimum Gasteiger partial charge on any atom is -0.444 e. The number of hydrogen-bond acceptors (Lipinski definition) is 3. The molecule has 128 valence electrons. The van der Waals surface area contributed by atoms with Gasteiger partial charge in [0.25, 0.3) is 0 Å². The summed E-state index contributed by atoms with van der Waals surface area (Å²) in [5, 5.41) is 4.27. The zero-order chi connectivity index (χ0) is 17.0. The van der Waals surface area contributed by atoms with Gasteiger partial charge < -0.3 is 15.0 Å². The lowest BCUT2D eigenvalue weighted by Crippen LogP contribution is -2.46. The number of hydrogen-bond donors (Lipinski definition) is 1. The zero-order valence-corrected chi connectivity index (χ0v) is 16.2. The van der Waals surface area contributed by atoms with Crippen molar-refractivity contribution in [1.29, 1.82) is 0 Å². The Hall–Kier alpha value is -0.780. The Morgan fingerprint density at radius 1 is 1.39 bits per heavy atom. The van der Waals surface area contributed by atoms with E-state index in [9.17, 15) is 4.79 Å². The van der Waals surface area contributed by atoms with Crippen molar-refractivity contribution in [3.8, 4) is 0 Å². The number of piperidine rings is 1. The Bertz CT molecular complexity index is 552. The summed E-state index contributed by atoms with van der Waals surface area (Å²) in [6.45, 7) is 7.92. The van der Waals surface area contributed by atoms with Gasteiger partial charge in [0.1, 0.15) is 5.60 Å². The fraction of sp³-hybridized carbons (Fsp3) is 0.588. The third kappa shape index (κ3) is 5.98. The second kappa shape index (κ2) is 7.86. The van der Waals surface area contributed by atoms with Gasteiger partial charge in [-0.3, -0.25) is 0 Å². The second-order valence-corrected chi connectivity index (χ2v) is 8.13. The molecule has 1 saturated heterocycles. The van der Waals surface area contributed by atoms with Crippen molar-refractivity contribution in [3.05, 3.63) is 33.3 Å². The van der Waals surface area contributed by atoms with Gasteiger partial charge in [-0.1, -0.05) is 17.7 Å². The lowest BCUT2D eigenvalue weighted by atomic mass is 10.0. The zero-order valence-electron chi connectivity index (χ0n) is 13.9. The Balaban J connectivity index is 1.76. The highest BCUT2D eigenvalue weighted by Gasteiger charge is 2.26. The summed E-state index contributed by atoms with van der Waals surface area (Å²) in [7, 11) is 0. The molecule has 0 unspecified atom stereocenters. The third-order valence-corrected chi connectivity index (χ3v) is 4.96. The van der Waals surface area contributed by atoms with E-state index in [1.54, 1.807) is 4.90 Å². The number of carbonyl (C=O) groups excluding carboxylic acids is 1. The van der Waals surface area contributed by atoms with Crippen LogP contribution < -0.4 is 5.32 Å². The molecular formula is C17H24BrClN2O2. The van der Waals surface area contributed by atoms with E-state index in [4.69, 9.17) is 16.3 Å². The standard InChI is InChI=1S/C17H24BrClN2O2/c1-17(2,3)23-16(22)21-8-6-13(7-9-21)20-11-12-4-5-14(18)15(19)10-12/h4-5,10,13,20H,6-9,11H2,1-3H3. The lowest BCUT2D eigenvalue weighted by molar-refractivity contribution is 0.0198. The molecule has 1 amide bonds. The van der Waals surface area contributed by atoms with Crippen molar-refractivity contribution in [2.45, 2.75) is 51.8 Å². The quantitative estimate of drug-likeness (QED) is 0.802. The predicted octanol–water partition coefficient (Wildman–Crippen LogP) is 4.59. The first-order valence-electron chi connectivity index (χ1n) is 7.90. The summed E-state index contributed by atoms with van der Waals surface area (Å²) < 4.78 is 6.32. The summed E-state index contributed by atoms with van der Waals surface area (Å²) in [5.41, 5.74) is 0.723.